The first-order valence-corrected chi connectivity index (χ1v) is 9.90. The number of carbonyl (C=O) groups excluding carboxylic acids is 1. The maximum Gasteiger partial charge on any atom is 0.473 e. The molecule has 0 saturated heterocycles. The average molecular weight is 582 g/mol. The Balaban J connectivity index is 0. The van der Waals surface area contributed by atoms with Crippen molar-refractivity contribution in [3.8, 4) is 0 Å². The minimum absolute atomic E-state index is 0.446. The first-order valence-electron chi connectivity index (χ1n) is 9.90. The Labute approximate surface area is 201 Å². The zero-order valence-electron chi connectivity index (χ0n) is 20.0. The lowest BCUT2D eigenvalue weighted by Gasteiger charge is -2.40. The third kappa shape index (κ3) is 6.70. The standard InChI is InChI=1S/C13H12F14O2.C6H12O2/c1-4-7(2,3)6(28)29-13(26,27)12(24,25)11(22,23)10(20,21)9(18,19)8(16,17)5(14)15;1-4-6(2,3)5(7)8/h5H,4H2,1-3H3;4H2,1-3H3,(H,7,8). The molecule has 0 bridgehead atoms. The molecule has 0 aromatic rings. The van der Waals surface area contributed by atoms with Crippen LogP contribution in [0.1, 0.15) is 54.4 Å². The van der Waals surface area contributed by atoms with Gasteiger partial charge >= 0.3 is 54.1 Å². The number of hydrogen-bond donors (Lipinski definition) is 1. The summed E-state index contributed by atoms with van der Waals surface area (Å²) in [6.45, 7) is 7.91. The average Bonchev–Trinajstić information content (AvgIpc) is 2.72. The van der Waals surface area contributed by atoms with Crippen LogP contribution in [0, 0.1) is 10.8 Å². The number of carboxylic acid groups (broad SMARTS) is 1. The molecule has 18 heteroatoms. The van der Waals surface area contributed by atoms with Crippen molar-refractivity contribution >= 4 is 11.9 Å². The molecule has 4 nitrogen and oxygen atoms in total. The van der Waals surface area contributed by atoms with E-state index in [2.05, 4.69) is 4.74 Å². The van der Waals surface area contributed by atoms with Crippen molar-refractivity contribution in [1.29, 1.82) is 0 Å². The van der Waals surface area contributed by atoms with Crippen LogP contribution < -0.4 is 0 Å². The van der Waals surface area contributed by atoms with E-state index in [0.717, 1.165) is 20.8 Å². The number of esters is 1. The van der Waals surface area contributed by atoms with Crippen molar-refractivity contribution in [1.82, 2.24) is 0 Å². The predicted octanol–water partition coefficient (Wildman–Crippen LogP) is 7.51. The fourth-order valence-electron chi connectivity index (χ4n) is 1.54. The Morgan fingerprint density at radius 2 is 0.973 bits per heavy atom. The minimum atomic E-state index is -8.15. The molecule has 222 valence electrons. The molecule has 0 aromatic carbocycles. The van der Waals surface area contributed by atoms with E-state index in [-0.39, 0.29) is 0 Å². The third-order valence-corrected chi connectivity index (χ3v) is 5.36. The highest BCUT2D eigenvalue weighted by Crippen LogP contribution is 2.61. The van der Waals surface area contributed by atoms with Gasteiger partial charge in [-0.3, -0.25) is 9.59 Å². The predicted molar refractivity (Wildman–Crippen MR) is 97.6 cm³/mol. The second kappa shape index (κ2) is 11.0. The van der Waals surface area contributed by atoms with Crippen LogP contribution in [-0.2, 0) is 14.3 Å². The van der Waals surface area contributed by atoms with Gasteiger partial charge in [0.1, 0.15) is 0 Å². The van der Waals surface area contributed by atoms with E-state index >= 15 is 0 Å². The number of hydrogen-bond acceptors (Lipinski definition) is 3. The lowest BCUT2D eigenvalue weighted by atomic mass is 9.90. The van der Waals surface area contributed by atoms with Gasteiger partial charge in [0, 0.05) is 0 Å². The third-order valence-electron chi connectivity index (χ3n) is 5.36. The highest BCUT2D eigenvalue weighted by molar-refractivity contribution is 5.76. The van der Waals surface area contributed by atoms with E-state index in [1.54, 1.807) is 13.8 Å². The first kappa shape index (κ1) is 37.1. The summed E-state index contributed by atoms with van der Waals surface area (Å²) in [4.78, 5) is 21.6. The number of aliphatic carboxylic acids is 1. The molecule has 37 heavy (non-hydrogen) atoms. The minimum Gasteiger partial charge on any atom is -0.481 e. The van der Waals surface area contributed by atoms with Crippen LogP contribution in [0.4, 0.5) is 61.5 Å². The fraction of sp³-hybridized carbons (Fsp3) is 0.895. The van der Waals surface area contributed by atoms with Gasteiger partial charge in [0.25, 0.3) is 0 Å². The van der Waals surface area contributed by atoms with Crippen molar-refractivity contribution in [2.75, 3.05) is 0 Å². The molecule has 1 N–H and O–H groups in total. The molecule has 0 aliphatic carbocycles. The molecule has 0 atom stereocenters. The van der Waals surface area contributed by atoms with Crippen molar-refractivity contribution in [3.05, 3.63) is 0 Å². The monoisotopic (exact) mass is 582 g/mol. The number of halogens is 14. The summed E-state index contributed by atoms with van der Waals surface area (Å²) in [6.07, 6.45) is -12.5. The Hall–Kier alpha value is -2.04. The molecule has 0 spiro atoms. The Bertz CT molecular complexity index is 807. The van der Waals surface area contributed by atoms with Crippen LogP contribution >= 0.6 is 0 Å². The molecule has 0 saturated carbocycles. The number of rotatable bonds is 11. The van der Waals surface area contributed by atoms with Crippen LogP contribution in [0.5, 0.6) is 0 Å². The summed E-state index contributed by atoms with van der Waals surface area (Å²) >= 11 is 0. The smallest absolute Gasteiger partial charge is 0.473 e. The number of carboxylic acids is 1. The van der Waals surface area contributed by atoms with E-state index in [4.69, 9.17) is 5.11 Å². The van der Waals surface area contributed by atoms with Crippen LogP contribution in [0.15, 0.2) is 0 Å². The molecule has 0 radical (unpaired) electrons. The quantitative estimate of drug-likeness (QED) is 0.202. The van der Waals surface area contributed by atoms with Crippen LogP contribution in [-0.4, -0.2) is 59.2 Å². The van der Waals surface area contributed by atoms with E-state index < -0.39 is 71.3 Å². The summed E-state index contributed by atoms with van der Waals surface area (Å²) in [7, 11) is 0. The molecule has 0 aliphatic rings. The van der Waals surface area contributed by atoms with Crippen LogP contribution in [0.3, 0.4) is 0 Å². The molecule has 0 aliphatic heterocycles. The normalized spacial score (nSPS) is 14.7. The summed E-state index contributed by atoms with van der Waals surface area (Å²) in [5.74, 6) is -42.3. The topological polar surface area (TPSA) is 63.6 Å². The molecule has 0 heterocycles. The Kier molecular flexibility index (Phi) is 11.0. The lowest BCUT2D eigenvalue weighted by Crippen LogP contribution is -2.72. The van der Waals surface area contributed by atoms with E-state index in [1.165, 1.54) is 0 Å². The Morgan fingerprint density at radius 1 is 0.649 bits per heavy atom. The SMILES string of the molecule is CCC(C)(C)C(=O)O.CCC(C)(C)C(=O)OC(F)(F)C(F)(F)C(F)(F)C(F)(F)C(F)(F)C(F)(F)C(F)F. The van der Waals surface area contributed by atoms with Crippen molar-refractivity contribution < 1.29 is 80.9 Å². The maximum atomic E-state index is 13.4. The van der Waals surface area contributed by atoms with Gasteiger partial charge in [0.05, 0.1) is 10.8 Å². The van der Waals surface area contributed by atoms with Gasteiger partial charge in [-0.2, -0.15) is 52.7 Å². The number of ether oxygens (including phenoxy) is 1. The van der Waals surface area contributed by atoms with Gasteiger partial charge in [0.15, 0.2) is 0 Å². The second-order valence-corrected chi connectivity index (χ2v) is 8.91. The molecule has 0 aromatic heterocycles. The van der Waals surface area contributed by atoms with Gasteiger partial charge in [-0.05, 0) is 40.5 Å². The van der Waals surface area contributed by atoms with Crippen LogP contribution in [0.25, 0.3) is 0 Å². The van der Waals surface area contributed by atoms with Gasteiger partial charge in [-0.25, -0.2) is 8.78 Å². The number of carbonyl (C=O) groups is 2. The second-order valence-electron chi connectivity index (χ2n) is 8.91. The molecular weight excluding hydrogens is 558 g/mol. The summed E-state index contributed by atoms with van der Waals surface area (Å²) in [5, 5.41) is 8.44. The van der Waals surface area contributed by atoms with E-state index in [1.807, 2.05) is 6.92 Å². The van der Waals surface area contributed by atoms with E-state index in [9.17, 15) is 71.1 Å². The van der Waals surface area contributed by atoms with Gasteiger partial charge in [-0.15, -0.1) is 0 Å². The molecular formula is C19H24F14O4. The van der Waals surface area contributed by atoms with Gasteiger partial charge in [0.2, 0.25) is 0 Å². The van der Waals surface area contributed by atoms with Crippen LogP contribution in [0.2, 0.25) is 0 Å². The molecule has 0 rings (SSSR count). The molecule has 0 unspecified atom stereocenters. The number of alkyl halides is 14. The largest absolute Gasteiger partial charge is 0.481 e. The summed E-state index contributed by atoms with van der Waals surface area (Å²) < 4.78 is 185. The zero-order chi connectivity index (χ0) is 30.9. The fourth-order valence-corrected chi connectivity index (χ4v) is 1.54. The summed E-state index contributed by atoms with van der Waals surface area (Å²) in [5.41, 5.74) is -2.62. The maximum absolute atomic E-state index is 13.4. The van der Waals surface area contributed by atoms with Gasteiger partial charge < -0.3 is 9.84 Å². The lowest BCUT2D eigenvalue weighted by molar-refractivity contribution is -0.456. The van der Waals surface area contributed by atoms with E-state index in [0.29, 0.717) is 6.42 Å². The van der Waals surface area contributed by atoms with Crippen molar-refractivity contribution in [3.63, 3.8) is 0 Å². The highest BCUT2D eigenvalue weighted by Gasteiger charge is 2.92. The Morgan fingerprint density at radius 3 is 1.22 bits per heavy atom. The van der Waals surface area contributed by atoms with Gasteiger partial charge in [-0.1, -0.05) is 13.8 Å². The van der Waals surface area contributed by atoms with Crippen molar-refractivity contribution in [2.45, 2.75) is 96.5 Å². The first-order chi connectivity index (χ1) is 15.9. The molecule has 0 amide bonds. The zero-order valence-corrected chi connectivity index (χ0v) is 20.0. The summed E-state index contributed by atoms with van der Waals surface area (Å²) in [6, 6.07) is 0. The highest BCUT2D eigenvalue weighted by atomic mass is 19.4. The molecule has 0 fully saturated rings. The van der Waals surface area contributed by atoms with Crippen molar-refractivity contribution in [2.24, 2.45) is 10.8 Å².